The fourth-order valence-corrected chi connectivity index (χ4v) is 4.98. The summed E-state index contributed by atoms with van der Waals surface area (Å²) < 4.78 is 33.0. The highest BCUT2D eigenvalue weighted by atomic mass is 32.1. The van der Waals surface area contributed by atoms with Crippen molar-refractivity contribution in [1.29, 1.82) is 0 Å². The fourth-order valence-electron chi connectivity index (χ4n) is 3.71. The number of aromatic nitrogens is 2. The maximum atomic E-state index is 10.6. The maximum Gasteiger partial charge on any atom is 0.490 e. The number of rotatable bonds is 1. The van der Waals surface area contributed by atoms with E-state index in [2.05, 4.69) is 40.7 Å². The Labute approximate surface area is 176 Å². The second-order valence-electron chi connectivity index (χ2n) is 8.52. The third-order valence-corrected chi connectivity index (χ3v) is 6.72. The normalized spacial score (nSPS) is 19.2. The molecule has 4 rings (SSSR count). The molecule has 1 aliphatic heterocycles. The van der Waals surface area contributed by atoms with Crippen molar-refractivity contribution in [3.05, 3.63) is 10.4 Å². The summed E-state index contributed by atoms with van der Waals surface area (Å²) in [7, 11) is 2.17. The average Bonchev–Trinajstić information content (AvgIpc) is 2.98. The van der Waals surface area contributed by atoms with E-state index in [1.165, 1.54) is 21.6 Å². The summed E-state index contributed by atoms with van der Waals surface area (Å²) in [5.41, 5.74) is 8.95. The summed E-state index contributed by atoms with van der Waals surface area (Å²) in [6.45, 7) is 8.87. The number of nitrogens with zero attached hydrogens (tertiary/aromatic N) is 4. The summed E-state index contributed by atoms with van der Waals surface area (Å²) in [4.78, 5) is 24.4. The number of hydrogen-bond acceptors (Lipinski definition) is 7. The number of aliphatic carboxylic acids is 1. The van der Waals surface area contributed by atoms with E-state index < -0.39 is 12.1 Å². The van der Waals surface area contributed by atoms with E-state index >= 15 is 0 Å². The van der Waals surface area contributed by atoms with E-state index in [0.717, 1.165) is 50.4 Å². The topological polar surface area (TPSA) is 95.6 Å². The molecule has 7 nitrogen and oxygen atoms in total. The van der Waals surface area contributed by atoms with Crippen LogP contribution in [-0.4, -0.2) is 65.3 Å². The number of thiophene rings is 1. The molecule has 166 valence electrons. The Kier molecular flexibility index (Phi) is 6.15. The lowest BCUT2D eigenvalue weighted by molar-refractivity contribution is -0.192. The Balaban J connectivity index is 0.000000318. The summed E-state index contributed by atoms with van der Waals surface area (Å²) in [6.07, 6.45) is -1.58. The van der Waals surface area contributed by atoms with Gasteiger partial charge < -0.3 is 20.6 Å². The minimum Gasteiger partial charge on any atom is -0.475 e. The molecule has 3 heterocycles. The molecular formula is C19H26F3N5O2S. The van der Waals surface area contributed by atoms with E-state index in [-0.39, 0.29) is 0 Å². The highest BCUT2D eigenvalue weighted by Crippen LogP contribution is 2.44. The second kappa shape index (κ2) is 8.18. The standard InChI is InChI=1S/C17H25N5S.C2HF3O2/c1-17(2)5-4-12-11(10-17)13-14(23-12)15(20-16(18)19-13)22-8-6-21(3)7-9-22;3-2(4,5)1(6)7/h4-10H2,1-3H3,(H2,18,19,20);(H,6,7). The molecule has 0 atom stereocenters. The fraction of sp³-hybridized carbons (Fsp3) is 0.632. The number of alkyl halides is 3. The van der Waals surface area contributed by atoms with Crippen LogP contribution in [0.4, 0.5) is 24.9 Å². The molecule has 2 aromatic rings. The first-order valence-electron chi connectivity index (χ1n) is 9.69. The summed E-state index contributed by atoms with van der Waals surface area (Å²) in [6, 6.07) is 0. The zero-order valence-corrected chi connectivity index (χ0v) is 18.0. The van der Waals surface area contributed by atoms with Crippen molar-refractivity contribution in [3.8, 4) is 0 Å². The molecule has 0 spiro atoms. The zero-order valence-electron chi connectivity index (χ0n) is 17.2. The molecule has 0 aromatic carbocycles. The number of halogens is 3. The van der Waals surface area contributed by atoms with Gasteiger partial charge in [0.15, 0.2) is 5.82 Å². The Morgan fingerprint density at radius 1 is 1.20 bits per heavy atom. The first-order valence-corrected chi connectivity index (χ1v) is 10.5. The number of anilines is 2. The predicted octanol–water partition coefficient (Wildman–Crippen LogP) is 3.17. The van der Waals surface area contributed by atoms with Gasteiger partial charge in [-0.25, -0.2) is 9.78 Å². The largest absolute Gasteiger partial charge is 0.490 e. The van der Waals surface area contributed by atoms with Crippen LogP contribution < -0.4 is 10.6 Å². The second-order valence-corrected chi connectivity index (χ2v) is 9.63. The third-order valence-electron chi connectivity index (χ3n) is 5.44. The van der Waals surface area contributed by atoms with E-state index in [1.54, 1.807) is 0 Å². The van der Waals surface area contributed by atoms with Crippen LogP contribution in [0, 0.1) is 5.41 Å². The molecule has 3 N–H and O–H groups in total. The number of aryl methyl sites for hydroxylation is 1. The highest BCUT2D eigenvalue weighted by molar-refractivity contribution is 7.19. The number of carboxylic acids is 1. The molecule has 0 saturated carbocycles. The van der Waals surface area contributed by atoms with E-state index in [4.69, 9.17) is 15.6 Å². The number of fused-ring (bicyclic) bond motifs is 3. The molecule has 1 fully saturated rings. The molecule has 1 saturated heterocycles. The van der Waals surface area contributed by atoms with Crippen molar-refractivity contribution in [2.24, 2.45) is 5.41 Å². The average molecular weight is 446 g/mol. The predicted molar refractivity (Wildman–Crippen MR) is 111 cm³/mol. The molecule has 0 amide bonds. The van der Waals surface area contributed by atoms with E-state index in [0.29, 0.717) is 11.4 Å². The van der Waals surface area contributed by atoms with Crippen LogP contribution in [0.5, 0.6) is 0 Å². The van der Waals surface area contributed by atoms with Gasteiger partial charge in [0.05, 0.1) is 10.2 Å². The summed E-state index contributed by atoms with van der Waals surface area (Å²) >= 11 is 1.89. The molecule has 2 aliphatic rings. The van der Waals surface area contributed by atoms with Crippen molar-refractivity contribution in [1.82, 2.24) is 14.9 Å². The zero-order chi connectivity index (χ0) is 22.3. The maximum absolute atomic E-state index is 10.6. The van der Waals surface area contributed by atoms with Gasteiger partial charge >= 0.3 is 12.1 Å². The highest BCUT2D eigenvalue weighted by Gasteiger charge is 2.38. The van der Waals surface area contributed by atoms with Gasteiger partial charge in [-0.05, 0) is 37.3 Å². The number of nitrogen functional groups attached to an aromatic ring is 1. The van der Waals surface area contributed by atoms with E-state index in [9.17, 15) is 13.2 Å². The Morgan fingerprint density at radius 3 is 2.37 bits per heavy atom. The van der Waals surface area contributed by atoms with Gasteiger partial charge in [-0.1, -0.05) is 13.8 Å². The lowest BCUT2D eigenvalue weighted by atomic mass is 9.77. The minimum atomic E-state index is -5.08. The molecule has 0 unspecified atom stereocenters. The Bertz CT molecular complexity index is 936. The Morgan fingerprint density at radius 2 is 1.80 bits per heavy atom. The van der Waals surface area contributed by atoms with Crippen LogP contribution in [0.1, 0.15) is 30.7 Å². The smallest absolute Gasteiger partial charge is 0.475 e. The van der Waals surface area contributed by atoms with Gasteiger partial charge in [0.25, 0.3) is 0 Å². The third kappa shape index (κ3) is 4.94. The molecule has 30 heavy (non-hydrogen) atoms. The van der Waals surface area contributed by atoms with Crippen molar-refractivity contribution >= 4 is 39.3 Å². The lowest BCUT2D eigenvalue weighted by Crippen LogP contribution is -2.44. The number of hydrogen-bond donors (Lipinski definition) is 2. The number of likely N-dealkylation sites (N-methyl/N-ethyl adjacent to an activating group) is 1. The number of carbonyl (C=O) groups is 1. The minimum absolute atomic E-state index is 0.356. The van der Waals surface area contributed by atoms with Gasteiger partial charge in [-0.3, -0.25) is 0 Å². The van der Waals surface area contributed by atoms with Crippen molar-refractivity contribution in [2.75, 3.05) is 43.9 Å². The van der Waals surface area contributed by atoms with Crippen LogP contribution >= 0.6 is 11.3 Å². The van der Waals surface area contributed by atoms with E-state index in [1.807, 2.05) is 11.3 Å². The first-order chi connectivity index (χ1) is 13.9. The van der Waals surface area contributed by atoms with Crippen LogP contribution in [0.3, 0.4) is 0 Å². The molecule has 2 aromatic heterocycles. The van der Waals surface area contributed by atoms with Crippen LogP contribution in [0.2, 0.25) is 0 Å². The van der Waals surface area contributed by atoms with Crippen LogP contribution in [0.15, 0.2) is 0 Å². The lowest BCUT2D eigenvalue weighted by Gasteiger charge is -2.33. The molecular weight excluding hydrogens is 419 g/mol. The quantitative estimate of drug-likeness (QED) is 0.696. The molecule has 11 heteroatoms. The van der Waals surface area contributed by atoms with Gasteiger partial charge in [-0.2, -0.15) is 18.2 Å². The van der Waals surface area contributed by atoms with Crippen molar-refractivity contribution in [2.45, 2.75) is 39.3 Å². The van der Waals surface area contributed by atoms with Crippen molar-refractivity contribution in [3.63, 3.8) is 0 Å². The van der Waals surface area contributed by atoms with Gasteiger partial charge in [0.2, 0.25) is 5.95 Å². The van der Waals surface area contributed by atoms with Gasteiger partial charge in [0, 0.05) is 31.1 Å². The molecule has 0 radical (unpaired) electrons. The number of carboxylic acid groups (broad SMARTS) is 1. The number of nitrogens with two attached hydrogens (primary N) is 1. The van der Waals surface area contributed by atoms with Crippen LogP contribution in [0.25, 0.3) is 10.2 Å². The van der Waals surface area contributed by atoms with Crippen LogP contribution in [-0.2, 0) is 17.6 Å². The molecule has 0 bridgehead atoms. The monoisotopic (exact) mass is 445 g/mol. The number of piperazine rings is 1. The molecule has 1 aliphatic carbocycles. The first kappa shape index (κ1) is 22.5. The van der Waals surface area contributed by atoms with Crippen molar-refractivity contribution < 1.29 is 23.1 Å². The van der Waals surface area contributed by atoms with Gasteiger partial charge in [0.1, 0.15) is 0 Å². The summed E-state index contributed by atoms with van der Waals surface area (Å²) in [5, 5.41) is 7.12. The van der Waals surface area contributed by atoms with Gasteiger partial charge in [-0.15, -0.1) is 11.3 Å². The Hall–Kier alpha value is -2.14. The summed E-state index contributed by atoms with van der Waals surface area (Å²) in [5.74, 6) is -1.29. The SMILES string of the molecule is CN1CCN(c2nc(N)nc3c4c(sc23)CCC(C)(C)C4)CC1.O=C(O)C(F)(F)F.